The van der Waals surface area contributed by atoms with Crippen molar-refractivity contribution >= 4 is 17.3 Å². The molecule has 0 aliphatic heterocycles. The summed E-state index contributed by atoms with van der Waals surface area (Å²) in [5.41, 5.74) is 0.231. The standard InChI is InChI=1S/C16H9F3N2O3S/c17-16(18,19)10-2-4-11(5-3-10)24-15-21-13(8-25-15)12-6-1-9(7-20-12)14(22)23/h1-8H,(H,22,23). The number of carboxylic acids is 1. The molecule has 0 fully saturated rings. The van der Waals surface area contributed by atoms with Crippen molar-refractivity contribution in [1.82, 2.24) is 9.97 Å². The van der Waals surface area contributed by atoms with Crippen molar-refractivity contribution in [1.29, 1.82) is 0 Å². The minimum Gasteiger partial charge on any atom is -0.478 e. The smallest absolute Gasteiger partial charge is 0.416 e. The van der Waals surface area contributed by atoms with Crippen LogP contribution in [0.15, 0.2) is 48.0 Å². The van der Waals surface area contributed by atoms with E-state index in [9.17, 15) is 18.0 Å². The Kier molecular flexibility index (Phi) is 4.41. The minimum absolute atomic E-state index is 0.0557. The normalized spacial score (nSPS) is 11.3. The summed E-state index contributed by atoms with van der Waals surface area (Å²) in [6.45, 7) is 0. The first-order valence-electron chi connectivity index (χ1n) is 6.83. The Hall–Kier alpha value is -2.94. The van der Waals surface area contributed by atoms with E-state index in [-0.39, 0.29) is 16.5 Å². The van der Waals surface area contributed by atoms with Gasteiger partial charge in [0.1, 0.15) is 11.4 Å². The summed E-state index contributed by atoms with van der Waals surface area (Å²) in [5, 5.41) is 10.7. The van der Waals surface area contributed by atoms with Crippen LogP contribution in [-0.2, 0) is 6.18 Å². The van der Waals surface area contributed by atoms with Crippen LogP contribution in [0.5, 0.6) is 10.9 Å². The van der Waals surface area contributed by atoms with E-state index in [2.05, 4.69) is 9.97 Å². The van der Waals surface area contributed by atoms with Crippen molar-refractivity contribution in [3.05, 3.63) is 59.1 Å². The highest BCUT2D eigenvalue weighted by Crippen LogP contribution is 2.33. The van der Waals surface area contributed by atoms with Crippen molar-refractivity contribution < 1.29 is 27.8 Å². The second-order valence-electron chi connectivity index (χ2n) is 4.86. The molecule has 0 spiro atoms. The predicted octanol–water partition coefficient (Wildman–Crippen LogP) is 4.71. The number of aromatic carboxylic acids is 1. The largest absolute Gasteiger partial charge is 0.478 e. The van der Waals surface area contributed by atoms with Gasteiger partial charge in [-0.05, 0) is 36.4 Å². The quantitative estimate of drug-likeness (QED) is 0.724. The molecule has 0 radical (unpaired) electrons. The Labute approximate surface area is 143 Å². The Morgan fingerprint density at radius 1 is 1.08 bits per heavy atom. The minimum atomic E-state index is -4.40. The first-order chi connectivity index (χ1) is 11.8. The molecule has 128 valence electrons. The van der Waals surface area contributed by atoms with E-state index in [1.807, 2.05) is 0 Å². The molecule has 0 saturated carbocycles. The molecule has 25 heavy (non-hydrogen) atoms. The van der Waals surface area contributed by atoms with Crippen LogP contribution in [0.1, 0.15) is 15.9 Å². The zero-order chi connectivity index (χ0) is 18.0. The maximum absolute atomic E-state index is 12.5. The lowest BCUT2D eigenvalue weighted by atomic mass is 10.2. The van der Waals surface area contributed by atoms with Crippen LogP contribution in [0.3, 0.4) is 0 Å². The number of aromatic nitrogens is 2. The molecule has 2 aromatic heterocycles. The van der Waals surface area contributed by atoms with E-state index < -0.39 is 17.7 Å². The van der Waals surface area contributed by atoms with Crippen LogP contribution in [0.4, 0.5) is 13.2 Å². The van der Waals surface area contributed by atoms with Gasteiger partial charge in [-0.25, -0.2) is 9.78 Å². The second-order valence-corrected chi connectivity index (χ2v) is 5.68. The van der Waals surface area contributed by atoms with Gasteiger partial charge in [0.05, 0.1) is 16.8 Å². The van der Waals surface area contributed by atoms with Crippen LogP contribution >= 0.6 is 11.3 Å². The molecule has 9 heteroatoms. The van der Waals surface area contributed by atoms with E-state index in [4.69, 9.17) is 9.84 Å². The van der Waals surface area contributed by atoms with Crippen molar-refractivity contribution in [3.8, 4) is 22.3 Å². The molecule has 0 amide bonds. The first kappa shape index (κ1) is 16.9. The molecule has 5 nitrogen and oxygen atoms in total. The average molecular weight is 366 g/mol. The van der Waals surface area contributed by atoms with Gasteiger partial charge in [0.15, 0.2) is 0 Å². The van der Waals surface area contributed by atoms with Gasteiger partial charge in [0, 0.05) is 11.6 Å². The highest BCUT2D eigenvalue weighted by atomic mass is 32.1. The number of alkyl halides is 3. The number of rotatable bonds is 4. The average Bonchev–Trinajstić information content (AvgIpc) is 3.03. The summed E-state index contributed by atoms with van der Waals surface area (Å²) >= 11 is 1.15. The fourth-order valence-electron chi connectivity index (χ4n) is 1.91. The lowest BCUT2D eigenvalue weighted by Gasteiger charge is -2.07. The molecular formula is C16H9F3N2O3S. The van der Waals surface area contributed by atoms with Gasteiger partial charge in [-0.3, -0.25) is 4.98 Å². The monoisotopic (exact) mass is 366 g/mol. The van der Waals surface area contributed by atoms with Gasteiger partial charge in [-0.2, -0.15) is 13.2 Å². The number of pyridine rings is 1. The molecule has 3 rings (SSSR count). The molecule has 1 N–H and O–H groups in total. The number of thiazole rings is 1. The zero-order valence-corrected chi connectivity index (χ0v) is 13.1. The molecule has 3 aromatic rings. The maximum atomic E-state index is 12.5. The molecule has 0 aliphatic rings. The summed E-state index contributed by atoms with van der Waals surface area (Å²) < 4.78 is 43.0. The lowest BCUT2D eigenvalue weighted by molar-refractivity contribution is -0.137. The predicted molar refractivity (Wildman–Crippen MR) is 83.8 cm³/mol. The summed E-state index contributed by atoms with van der Waals surface area (Å²) in [6.07, 6.45) is -3.19. The lowest BCUT2D eigenvalue weighted by Crippen LogP contribution is -2.03. The number of benzene rings is 1. The first-order valence-corrected chi connectivity index (χ1v) is 7.71. The van der Waals surface area contributed by atoms with Gasteiger partial charge in [-0.1, -0.05) is 11.3 Å². The Morgan fingerprint density at radius 3 is 2.36 bits per heavy atom. The van der Waals surface area contributed by atoms with Gasteiger partial charge in [0.25, 0.3) is 5.19 Å². The Morgan fingerprint density at radius 2 is 1.80 bits per heavy atom. The molecule has 1 aromatic carbocycles. The fraction of sp³-hybridized carbons (Fsp3) is 0.0625. The van der Waals surface area contributed by atoms with Crippen LogP contribution in [0, 0.1) is 0 Å². The number of carboxylic acid groups (broad SMARTS) is 1. The molecule has 0 aliphatic carbocycles. The summed E-state index contributed by atoms with van der Waals surface area (Å²) in [6, 6.07) is 7.19. The van der Waals surface area contributed by atoms with Crippen LogP contribution in [0.25, 0.3) is 11.4 Å². The highest BCUT2D eigenvalue weighted by Gasteiger charge is 2.30. The Bertz CT molecular complexity index is 890. The number of hydrogen-bond acceptors (Lipinski definition) is 5. The van der Waals surface area contributed by atoms with Gasteiger partial charge in [0.2, 0.25) is 0 Å². The Balaban J connectivity index is 1.74. The third kappa shape index (κ3) is 3.94. The topological polar surface area (TPSA) is 72.3 Å². The summed E-state index contributed by atoms with van der Waals surface area (Å²) in [5.74, 6) is -0.855. The molecule has 2 heterocycles. The molecular weight excluding hydrogens is 357 g/mol. The molecule has 0 atom stereocenters. The summed E-state index contributed by atoms with van der Waals surface area (Å²) in [4.78, 5) is 19.0. The third-order valence-corrected chi connectivity index (χ3v) is 3.86. The number of ether oxygens (including phenoxy) is 1. The highest BCUT2D eigenvalue weighted by molar-refractivity contribution is 7.11. The van der Waals surface area contributed by atoms with Gasteiger partial charge in [-0.15, -0.1) is 0 Å². The van der Waals surface area contributed by atoms with Crippen molar-refractivity contribution in [2.75, 3.05) is 0 Å². The van der Waals surface area contributed by atoms with Crippen LogP contribution < -0.4 is 4.74 Å². The summed E-state index contributed by atoms with van der Waals surface area (Å²) in [7, 11) is 0. The molecule has 0 saturated heterocycles. The third-order valence-electron chi connectivity index (χ3n) is 3.14. The van der Waals surface area contributed by atoms with Gasteiger partial charge < -0.3 is 9.84 Å². The van der Waals surface area contributed by atoms with E-state index in [0.29, 0.717) is 11.4 Å². The second kappa shape index (κ2) is 6.52. The van der Waals surface area contributed by atoms with Crippen molar-refractivity contribution in [3.63, 3.8) is 0 Å². The number of hydrogen-bond donors (Lipinski definition) is 1. The van der Waals surface area contributed by atoms with E-state index in [0.717, 1.165) is 23.5 Å². The van der Waals surface area contributed by atoms with Crippen molar-refractivity contribution in [2.24, 2.45) is 0 Å². The van der Waals surface area contributed by atoms with E-state index in [1.54, 1.807) is 5.38 Å². The van der Waals surface area contributed by atoms with E-state index >= 15 is 0 Å². The molecule has 0 bridgehead atoms. The van der Waals surface area contributed by atoms with Crippen LogP contribution in [-0.4, -0.2) is 21.0 Å². The fourth-order valence-corrected chi connectivity index (χ4v) is 2.59. The maximum Gasteiger partial charge on any atom is 0.416 e. The van der Waals surface area contributed by atoms with E-state index in [1.165, 1.54) is 30.5 Å². The number of nitrogens with zero attached hydrogens (tertiary/aromatic N) is 2. The SMILES string of the molecule is O=C(O)c1ccc(-c2csc(Oc3ccc(C(F)(F)F)cc3)n2)nc1. The number of carbonyl (C=O) groups is 1. The zero-order valence-electron chi connectivity index (χ0n) is 12.3. The van der Waals surface area contributed by atoms with Crippen molar-refractivity contribution in [2.45, 2.75) is 6.18 Å². The van der Waals surface area contributed by atoms with Gasteiger partial charge >= 0.3 is 12.1 Å². The molecule has 0 unspecified atom stereocenters. The number of halogens is 3. The van der Waals surface area contributed by atoms with Crippen LogP contribution in [0.2, 0.25) is 0 Å².